The molecular formula is C19H15F3N2O3. The highest BCUT2D eigenvalue weighted by Crippen LogP contribution is 2.29. The Morgan fingerprint density at radius 3 is 2.44 bits per heavy atom. The van der Waals surface area contributed by atoms with Gasteiger partial charge in [-0.05, 0) is 24.1 Å². The summed E-state index contributed by atoms with van der Waals surface area (Å²) in [5.74, 6) is -1.05. The number of Topliss-reactive ketones (excluding diaryl/α,β-unsaturated/α-hetero) is 1. The summed E-state index contributed by atoms with van der Waals surface area (Å²) in [5, 5.41) is 3.34. The molecule has 0 saturated carbocycles. The SMILES string of the molecule is COc1ccccc1C(=O)CCc1ccc(-c2noc(C(F)(F)F)n2)cc1. The lowest BCUT2D eigenvalue weighted by Crippen LogP contribution is -2.04. The number of rotatable bonds is 6. The lowest BCUT2D eigenvalue weighted by molar-refractivity contribution is -0.159. The number of carbonyl (C=O) groups excluding carboxylic acids is 1. The van der Waals surface area contributed by atoms with Crippen LogP contribution in [0.2, 0.25) is 0 Å². The van der Waals surface area contributed by atoms with E-state index in [1.165, 1.54) is 7.11 Å². The highest BCUT2D eigenvalue weighted by molar-refractivity contribution is 5.98. The molecule has 0 amide bonds. The van der Waals surface area contributed by atoms with Crippen LogP contribution in [0.3, 0.4) is 0 Å². The average molecular weight is 376 g/mol. The van der Waals surface area contributed by atoms with E-state index in [9.17, 15) is 18.0 Å². The van der Waals surface area contributed by atoms with E-state index in [-0.39, 0.29) is 18.0 Å². The lowest BCUT2D eigenvalue weighted by Gasteiger charge is -2.07. The Hall–Kier alpha value is -3.16. The molecule has 0 bridgehead atoms. The van der Waals surface area contributed by atoms with Crippen LogP contribution in [-0.4, -0.2) is 23.0 Å². The third-order valence-electron chi connectivity index (χ3n) is 3.93. The molecule has 0 radical (unpaired) electrons. The van der Waals surface area contributed by atoms with E-state index in [4.69, 9.17) is 4.74 Å². The molecule has 0 aliphatic carbocycles. The number of ether oxygens (including phenoxy) is 1. The van der Waals surface area contributed by atoms with Crippen LogP contribution in [0, 0.1) is 0 Å². The number of alkyl halides is 3. The second-order valence-electron chi connectivity index (χ2n) is 5.74. The van der Waals surface area contributed by atoms with Gasteiger partial charge in [-0.25, -0.2) is 0 Å². The summed E-state index contributed by atoms with van der Waals surface area (Å²) >= 11 is 0. The minimum absolute atomic E-state index is 0.0514. The molecule has 0 spiro atoms. The van der Waals surface area contributed by atoms with E-state index < -0.39 is 12.1 Å². The molecule has 1 aromatic heterocycles. The monoisotopic (exact) mass is 376 g/mol. The van der Waals surface area contributed by atoms with E-state index in [1.807, 2.05) is 0 Å². The van der Waals surface area contributed by atoms with E-state index in [0.29, 0.717) is 23.3 Å². The van der Waals surface area contributed by atoms with Gasteiger partial charge >= 0.3 is 12.1 Å². The molecular weight excluding hydrogens is 361 g/mol. The number of halogens is 3. The molecule has 0 fully saturated rings. The van der Waals surface area contributed by atoms with Crippen LogP contribution < -0.4 is 4.74 Å². The Morgan fingerprint density at radius 1 is 1.11 bits per heavy atom. The number of methoxy groups -OCH3 is 1. The van der Waals surface area contributed by atoms with E-state index in [2.05, 4.69) is 14.7 Å². The molecule has 1 heterocycles. The third kappa shape index (κ3) is 4.33. The van der Waals surface area contributed by atoms with Gasteiger partial charge in [0.25, 0.3) is 0 Å². The van der Waals surface area contributed by atoms with Gasteiger partial charge < -0.3 is 9.26 Å². The minimum atomic E-state index is -4.68. The molecule has 5 nitrogen and oxygen atoms in total. The maximum Gasteiger partial charge on any atom is 0.471 e. The fourth-order valence-corrected chi connectivity index (χ4v) is 2.54. The van der Waals surface area contributed by atoms with Gasteiger partial charge in [0, 0.05) is 12.0 Å². The first-order chi connectivity index (χ1) is 12.9. The van der Waals surface area contributed by atoms with Crippen molar-refractivity contribution < 1.29 is 27.2 Å². The first kappa shape index (κ1) is 18.6. The quantitative estimate of drug-likeness (QED) is 0.589. The number of para-hydroxylation sites is 1. The number of carbonyl (C=O) groups is 1. The molecule has 3 aromatic rings. The molecule has 140 valence electrons. The standard InChI is InChI=1S/C19H15F3N2O3/c1-26-16-5-3-2-4-14(16)15(25)11-8-12-6-9-13(10-7-12)17-23-18(27-24-17)19(20,21)22/h2-7,9-10H,8,11H2,1H3. The summed E-state index contributed by atoms with van der Waals surface area (Å²) in [7, 11) is 1.51. The number of hydrogen-bond donors (Lipinski definition) is 0. The number of aromatic nitrogens is 2. The summed E-state index contributed by atoms with van der Waals surface area (Å²) in [6.07, 6.45) is -3.92. The second-order valence-corrected chi connectivity index (χ2v) is 5.74. The van der Waals surface area contributed by atoms with Crippen molar-refractivity contribution >= 4 is 5.78 Å². The summed E-state index contributed by atoms with van der Waals surface area (Å²) in [6.45, 7) is 0. The van der Waals surface area contributed by atoms with Crippen molar-refractivity contribution in [1.82, 2.24) is 10.1 Å². The van der Waals surface area contributed by atoms with Crippen molar-refractivity contribution in [3.63, 3.8) is 0 Å². The Balaban J connectivity index is 1.66. The maximum absolute atomic E-state index is 12.5. The van der Waals surface area contributed by atoms with Crippen molar-refractivity contribution in [2.45, 2.75) is 19.0 Å². The lowest BCUT2D eigenvalue weighted by atomic mass is 10.0. The van der Waals surface area contributed by atoms with Gasteiger partial charge in [0.05, 0.1) is 12.7 Å². The third-order valence-corrected chi connectivity index (χ3v) is 3.93. The number of nitrogens with zero attached hydrogens (tertiary/aromatic N) is 2. The van der Waals surface area contributed by atoms with Crippen LogP contribution in [0.5, 0.6) is 5.75 Å². The normalized spacial score (nSPS) is 11.4. The molecule has 2 aromatic carbocycles. The van der Waals surface area contributed by atoms with E-state index >= 15 is 0 Å². The van der Waals surface area contributed by atoms with Crippen LogP contribution in [0.25, 0.3) is 11.4 Å². The molecule has 0 atom stereocenters. The Labute approximate surface area is 152 Å². The first-order valence-electron chi connectivity index (χ1n) is 8.05. The highest BCUT2D eigenvalue weighted by Gasteiger charge is 2.38. The van der Waals surface area contributed by atoms with Gasteiger partial charge in [0.15, 0.2) is 5.78 Å². The number of hydrogen-bond acceptors (Lipinski definition) is 5. The van der Waals surface area contributed by atoms with Crippen molar-refractivity contribution in [3.05, 3.63) is 65.5 Å². The zero-order chi connectivity index (χ0) is 19.4. The predicted molar refractivity (Wildman–Crippen MR) is 90.4 cm³/mol. The Kier molecular flexibility index (Phi) is 5.25. The largest absolute Gasteiger partial charge is 0.496 e. The van der Waals surface area contributed by atoms with Gasteiger partial charge in [0.2, 0.25) is 5.82 Å². The van der Waals surface area contributed by atoms with Crippen LogP contribution in [-0.2, 0) is 12.6 Å². The first-order valence-corrected chi connectivity index (χ1v) is 8.05. The predicted octanol–water partition coefficient (Wildman–Crippen LogP) is 4.58. The number of ketones is 1. The minimum Gasteiger partial charge on any atom is -0.496 e. The number of benzene rings is 2. The summed E-state index contributed by atoms with van der Waals surface area (Å²) < 4.78 is 46.9. The number of aryl methyl sites for hydroxylation is 1. The molecule has 0 aliphatic rings. The van der Waals surface area contributed by atoms with Crippen LogP contribution >= 0.6 is 0 Å². The van der Waals surface area contributed by atoms with E-state index in [1.54, 1.807) is 48.5 Å². The van der Waals surface area contributed by atoms with Crippen molar-refractivity contribution in [1.29, 1.82) is 0 Å². The Morgan fingerprint density at radius 2 is 1.81 bits per heavy atom. The van der Waals surface area contributed by atoms with Crippen molar-refractivity contribution in [3.8, 4) is 17.1 Å². The van der Waals surface area contributed by atoms with Gasteiger partial charge in [-0.2, -0.15) is 18.2 Å². The van der Waals surface area contributed by atoms with Gasteiger partial charge in [-0.15, -0.1) is 0 Å². The van der Waals surface area contributed by atoms with Crippen molar-refractivity contribution in [2.24, 2.45) is 0 Å². The molecule has 0 saturated heterocycles. The van der Waals surface area contributed by atoms with Crippen LogP contribution in [0.1, 0.15) is 28.2 Å². The topological polar surface area (TPSA) is 65.2 Å². The molecule has 8 heteroatoms. The zero-order valence-corrected chi connectivity index (χ0v) is 14.3. The summed E-state index contributed by atoms with van der Waals surface area (Å²) in [5.41, 5.74) is 1.78. The summed E-state index contributed by atoms with van der Waals surface area (Å²) in [4.78, 5) is 15.7. The van der Waals surface area contributed by atoms with Gasteiger partial charge in [0.1, 0.15) is 5.75 Å². The Bertz CT molecular complexity index is 934. The van der Waals surface area contributed by atoms with Crippen LogP contribution in [0.15, 0.2) is 53.1 Å². The fourth-order valence-electron chi connectivity index (χ4n) is 2.54. The van der Waals surface area contributed by atoms with E-state index in [0.717, 1.165) is 5.56 Å². The molecule has 0 aliphatic heterocycles. The second kappa shape index (κ2) is 7.61. The smallest absolute Gasteiger partial charge is 0.471 e. The fraction of sp³-hybridized carbons (Fsp3) is 0.211. The molecule has 27 heavy (non-hydrogen) atoms. The zero-order valence-electron chi connectivity index (χ0n) is 14.3. The average Bonchev–Trinajstić information content (AvgIpc) is 3.17. The highest BCUT2D eigenvalue weighted by atomic mass is 19.4. The van der Waals surface area contributed by atoms with Crippen LogP contribution in [0.4, 0.5) is 13.2 Å². The maximum atomic E-state index is 12.5. The van der Waals surface area contributed by atoms with Gasteiger partial charge in [-0.1, -0.05) is 41.6 Å². The molecule has 0 N–H and O–H groups in total. The van der Waals surface area contributed by atoms with Gasteiger partial charge in [-0.3, -0.25) is 4.79 Å². The molecule has 3 rings (SSSR count). The molecule has 0 unspecified atom stereocenters. The van der Waals surface area contributed by atoms with Crippen molar-refractivity contribution in [2.75, 3.05) is 7.11 Å². The summed E-state index contributed by atoms with van der Waals surface area (Å²) in [6, 6.07) is 13.6.